The van der Waals surface area contributed by atoms with Gasteiger partial charge >= 0.3 is 6.09 Å². The van der Waals surface area contributed by atoms with E-state index in [2.05, 4.69) is 5.32 Å². The summed E-state index contributed by atoms with van der Waals surface area (Å²) in [4.78, 5) is 22.3. The van der Waals surface area contributed by atoms with Crippen LogP contribution in [0.25, 0.3) is 0 Å². The van der Waals surface area contributed by atoms with Gasteiger partial charge in [-0.3, -0.25) is 4.79 Å². The smallest absolute Gasteiger partial charge is 0.407 e. The first-order valence-corrected chi connectivity index (χ1v) is 6.01. The number of Topliss-reactive ketones (excluding diaryl/α,β-unsaturated/α-hetero) is 1. The molecule has 4 heteroatoms. The van der Waals surface area contributed by atoms with Crippen molar-refractivity contribution in [2.24, 2.45) is 5.92 Å². The fourth-order valence-corrected chi connectivity index (χ4v) is 1.10. The maximum Gasteiger partial charge on any atom is 0.407 e. The van der Waals surface area contributed by atoms with Gasteiger partial charge in [0.05, 0.1) is 6.61 Å². The van der Waals surface area contributed by atoms with Crippen LogP contribution in [0.4, 0.5) is 4.79 Å². The van der Waals surface area contributed by atoms with Crippen LogP contribution in [0.1, 0.15) is 46.5 Å². The number of amides is 1. The van der Waals surface area contributed by atoms with E-state index in [0.717, 1.165) is 12.8 Å². The summed E-state index contributed by atoms with van der Waals surface area (Å²) in [6.07, 6.45) is 2.72. The van der Waals surface area contributed by atoms with E-state index in [4.69, 9.17) is 4.74 Å². The maximum atomic E-state index is 11.3. The second-order valence-electron chi connectivity index (χ2n) is 4.14. The van der Waals surface area contributed by atoms with Crippen molar-refractivity contribution in [2.45, 2.75) is 46.5 Å². The minimum absolute atomic E-state index is 0.0801. The Balaban J connectivity index is 3.37. The largest absolute Gasteiger partial charge is 0.450 e. The van der Waals surface area contributed by atoms with Gasteiger partial charge in [0.15, 0.2) is 0 Å². The number of hydrogen-bond donors (Lipinski definition) is 1. The van der Waals surface area contributed by atoms with Gasteiger partial charge in [0, 0.05) is 18.9 Å². The SMILES string of the molecule is CCCCOC(=O)NCCCC(=O)C(C)C. The van der Waals surface area contributed by atoms with Crippen LogP contribution in [-0.2, 0) is 9.53 Å². The number of ketones is 1. The molecule has 0 heterocycles. The molecule has 0 fully saturated rings. The fraction of sp³-hybridized carbons (Fsp3) is 0.833. The van der Waals surface area contributed by atoms with Gasteiger partial charge in [0.1, 0.15) is 5.78 Å². The molecule has 94 valence electrons. The molecular weight excluding hydrogens is 206 g/mol. The molecule has 0 saturated heterocycles. The van der Waals surface area contributed by atoms with Gasteiger partial charge in [-0.05, 0) is 12.8 Å². The van der Waals surface area contributed by atoms with Crippen LogP contribution >= 0.6 is 0 Å². The van der Waals surface area contributed by atoms with Crippen LogP contribution in [0.15, 0.2) is 0 Å². The van der Waals surface area contributed by atoms with Crippen LogP contribution in [-0.4, -0.2) is 25.0 Å². The third-order valence-electron chi connectivity index (χ3n) is 2.24. The summed E-state index contributed by atoms with van der Waals surface area (Å²) < 4.78 is 4.90. The van der Waals surface area contributed by atoms with Gasteiger partial charge in [0.25, 0.3) is 0 Å². The lowest BCUT2D eigenvalue weighted by Crippen LogP contribution is -2.26. The van der Waals surface area contributed by atoms with Crippen molar-refractivity contribution in [3.8, 4) is 0 Å². The number of alkyl carbamates (subject to hydrolysis) is 1. The van der Waals surface area contributed by atoms with E-state index in [9.17, 15) is 9.59 Å². The third-order valence-corrected chi connectivity index (χ3v) is 2.24. The lowest BCUT2D eigenvalue weighted by atomic mass is 10.1. The van der Waals surface area contributed by atoms with E-state index in [-0.39, 0.29) is 17.8 Å². The average molecular weight is 229 g/mol. The van der Waals surface area contributed by atoms with Crippen LogP contribution in [0, 0.1) is 5.92 Å². The lowest BCUT2D eigenvalue weighted by molar-refractivity contribution is -0.121. The van der Waals surface area contributed by atoms with Crippen molar-refractivity contribution >= 4 is 11.9 Å². The quantitative estimate of drug-likeness (QED) is 0.651. The molecule has 16 heavy (non-hydrogen) atoms. The van der Waals surface area contributed by atoms with Crippen molar-refractivity contribution in [2.75, 3.05) is 13.2 Å². The van der Waals surface area contributed by atoms with Crippen molar-refractivity contribution < 1.29 is 14.3 Å². The minimum Gasteiger partial charge on any atom is -0.450 e. The Morgan fingerprint density at radius 3 is 2.50 bits per heavy atom. The van der Waals surface area contributed by atoms with E-state index >= 15 is 0 Å². The zero-order valence-electron chi connectivity index (χ0n) is 10.5. The van der Waals surface area contributed by atoms with E-state index in [1.807, 2.05) is 20.8 Å². The summed E-state index contributed by atoms with van der Waals surface area (Å²) in [7, 11) is 0. The number of carbonyl (C=O) groups is 2. The number of hydrogen-bond acceptors (Lipinski definition) is 3. The Morgan fingerprint density at radius 2 is 1.94 bits per heavy atom. The van der Waals surface area contributed by atoms with Gasteiger partial charge in [0.2, 0.25) is 0 Å². The Morgan fingerprint density at radius 1 is 1.25 bits per heavy atom. The molecule has 1 N–H and O–H groups in total. The molecule has 0 bridgehead atoms. The summed E-state index contributed by atoms with van der Waals surface area (Å²) >= 11 is 0. The summed E-state index contributed by atoms with van der Waals surface area (Å²) in [5, 5.41) is 2.62. The molecule has 0 saturated carbocycles. The van der Waals surface area contributed by atoms with E-state index < -0.39 is 0 Å². The molecule has 4 nitrogen and oxygen atoms in total. The summed E-state index contributed by atoms with van der Waals surface area (Å²) in [6, 6.07) is 0. The predicted molar refractivity (Wildman–Crippen MR) is 63.3 cm³/mol. The number of nitrogens with one attached hydrogen (secondary N) is 1. The lowest BCUT2D eigenvalue weighted by Gasteiger charge is -2.06. The number of unbranched alkanes of at least 4 members (excludes halogenated alkanes) is 1. The maximum absolute atomic E-state index is 11.3. The molecule has 0 unspecified atom stereocenters. The summed E-state index contributed by atoms with van der Waals surface area (Å²) in [5.41, 5.74) is 0. The van der Waals surface area contributed by atoms with Gasteiger partial charge in [-0.15, -0.1) is 0 Å². The van der Waals surface area contributed by atoms with Gasteiger partial charge in [-0.1, -0.05) is 27.2 Å². The van der Waals surface area contributed by atoms with Crippen LogP contribution in [0.3, 0.4) is 0 Å². The first-order valence-electron chi connectivity index (χ1n) is 6.01. The normalized spacial score (nSPS) is 10.2. The third kappa shape index (κ3) is 8.26. The zero-order chi connectivity index (χ0) is 12.4. The molecule has 0 aromatic heterocycles. The number of rotatable bonds is 8. The number of carbonyl (C=O) groups excluding carboxylic acids is 2. The Bertz CT molecular complexity index is 214. The highest BCUT2D eigenvalue weighted by molar-refractivity contribution is 5.80. The topological polar surface area (TPSA) is 55.4 Å². The second kappa shape index (κ2) is 9.19. The van der Waals surface area contributed by atoms with Crippen LogP contribution in [0.5, 0.6) is 0 Å². The van der Waals surface area contributed by atoms with Crippen molar-refractivity contribution in [3.63, 3.8) is 0 Å². The molecule has 0 aliphatic heterocycles. The average Bonchev–Trinajstić information content (AvgIpc) is 2.24. The van der Waals surface area contributed by atoms with Crippen LogP contribution in [0.2, 0.25) is 0 Å². The van der Waals surface area contributed by atoms with Crippen LogP contribution < -0.4 is 5.32 Å². The highest BCUT2D eigenvalue weighted by atomic mass is 16.5. The number of ether oxygens (including phenoxy) is 1. The fourth-order valence-electron chi connectivity index (χ4n) is 1.10. The summed E-state index contributed by atoms with van der Waals surface area (Å²) in [5.74, 6) is 0.317. The monoisotopic (exact) mass is 229 g/mol. The Hall–Kier alpha value is -1.06. The predicted octanol–water partition coefficient (Wildman–Crippen LogP) is 2.52. The second-order valence-corrected chi connectivity index (χ2v) is 4.14. The molecule has 0 spiro atoms. The highest BCUT2D eigenvalue weighted by Crippen LogP contribution is 2.00. The standard InChI is InChI=1S/C12H23NO3/c1-4-5-9-16-12(15)13-8-6-7-11(14)10(2)3/h10H,4-9H2,1-3H3,(H,13,15). The van der Waals surface area contributed by atoms with Crippen molar-refractivity contribution in [1.82, 2.24) is 5.32 Å². The molecule has 0 aromatic carbocycles. The van der Waals surface area contributed by atoms with E-state index in [0.29, 0.717) is 26.0 Å². The van der Waals surface area contributed by atoms with Gasteiger partial charge < -0.3 is 10.1 Å². The van der Waals surface area contributed by atoms with Crippen molar-refractivity contribution in [1.29, 1.82) is 0 Å². The van der Waals surface area contributed by atoms with E-state index in [1.54, 1.807) is 0 Å². The molecule has 0 atom stereocenters. The highest BCUT2D eigenvalue weighted by Gasteiger charge is 2.07. The van der Waals surface area contributed by atoms with Gasteiger partial charge in [-0.2, -0.15) is 0 Å². The molecule has 0 aliphatic rings. The molecule has 0 aliphatic carbocycles. The molecule has 0 aromatic rings. The molecule has 0 radical (unpaired) electrons. The molecular formula is C12H23NO3. The molecule has 0 rings (SSSR count). The van der Waals surface area contributed by atoms with Gasteiger partial charge in [-0.25, -0.2) is 4.79 Å². The Labute approximate surface area is 97.7 Å². The zero-order valence-corrected chi connectivity index (χ0v) is 10.5. The van der Waals surface area contributed by atoms with Crippen molar-refractivity contribution in [3.05, 3.63) is 0 Å². The Kier molecular flexibility index (Phi) is 8.58. The molecule has 1 amide bonds. The van der Waals surface area contributed by atoms with E-state index in [1.165, 1.54) is 0 Å². The summed E-state index contributed by atoms with van der Waals surface area (Å²) in [6.45, 7) is 6.78. The first kappa shape index (κ1) is 14.9. The first-order chi connectivity index (χ1) is 7.57. The minimum atomic E-state index is -0.384.